The van der Waals surface area contributed by atoms with Crippen LogP contribution >= 0.6 is 11.6 Å². The Balaban J connectivity index is 1.88. The van der Waals surface area contributed by atoms with Crippen molar-refractivity contribution in [1.82, 2.24) is 15.1 Å². The fourth-order valence-corrected chi connectivity index (χ4v) is 2.98. The molecule has 1 saturated heterocycles. The maximum atomic E-state index is 12.5. The Bertz CT molecular complexity index is 893. The number of ether oxygens (including phenoxy) is 1. The molecule has 0 spiro atoms. The smallest absolute Gasteiger partial charge is 0.410 e. The number of carbonyl (C=O) groups excluding carboxylic acids is 3. The zero-order chi connectivity index (χ0) is 23.2. The van der Waals surface area contributed by atoms with Gasteiger partial charge in [-0.15, -0.1) is 0 Å². The second kappa shape index (κ2) is 10.4. The molecular formula is C22H29ClN4O4. The summed E-state index contributed by atoms with van der Waals surface area (Å²) in [5, 5.41) is 5.92. The van der Waals surface area contributed by atoms with Crippen molar-refractivity contribution in [2.75, 3.05) is 31.5 Å². The van der Waals surface area contributed by atoms with Crippen molar-refractivity contribution in [2.24, 2.45) is 0 Å². The molecule has 1 atom stereocenters. The van der Waals surface area contributed by atoms with Gasteiger partial charge in [-0.3, -0.25) is 4.79 Å². The minimum atomic E-state index is -0.549. The maximum Gasteiger partial charge on any atom is 0.410 e. The van der Waals surface area contributed by atoms with E-state index in [-0.39, 0.29) is 18.0 Å². The van der Waals surface area contributed by atoms with Crippen LogP contribution in [-0.2, 0) is 9.53 Å². The average Bonchev–Trinajstić information content (AvgIpc) is 2.67. The molecule has 0 saturated carbocycles. The number of piperazine rings is 1. The number of hydrogen-bond donors (Lipinski definition) is 2. The highest BCUT2D eigenvalue weighted by atomic mass is 35.5. The van der Waals surface area contributed by atoms with Crippen molar-refractivity contribution >= 4 is 35.3 Å². The van der Waals surface area contributed by atoms with E-state index in [2.05, 4.69) is 22.5 Å². The maximum absolute atomic E-state index is 12.5. The number of amides is 4. The average molecular weight is 449 g/mol. The van der Waals surface area contributed by atoms with E-state index in [0.717, 1.165) is 0 Å². The summed E-state index contributed by atoms with van der Waals surface area (Å²) in [4.78, 5) is 39.1. The molecule has 0 aliphatic carbocycles. The summed E-state index contributed by atoms with van der Waals surface area (Å²) < 4.78 is 5.37. The number of hydrogen-bond acceptors (Lipinski definition) is 4. The lowest BCUT2D eigenvalue weighted by atomic mass is 10.2. The summed E-state index contributed by atoms with van der Waals surface area (Å²) in [6.07, 6.45) is -0.367. The van der Waals surface area contributed by atoms with Crippen LogP contribution in [0.1, 0.15) is 40.2 Å². The van der Waals surface area contributed by atoms with Gasteiger partial charge in [0, 0.05) is 38.7 Å². The third kappa shape index (κ3) is 8.02. The standard InChI is InChI=1S/C22H29ClN4O4/c1-15(6-7-17-8-9-18(23)19(14-17)25-16(2)28)24-20(29)26-10-12-27(13-11-26)21(30)31-22(3,4)5/h8-9,14-15H,10-13H2,1-5H3,(H,24,29)(H,25,28). The van der Waals surface area contributed by atoms with Crippen molar-refractivity contribution < 1.29 is 19.1 Å². The molecule has 8 nitrogen and oxygen atoms in total. The minimum Gasteiger partial charge on any atom is -0.444 e. The van der Waals surface area contributed by atoms with Gasteiger partial charge < -0.3 is 25.2 Å². The van der Waals surface area contributed by atoms with Crippen LogP contribution in [0.2, 0.25) is 5.02 Å². The quantitative estimate of drug-likeness (QED) is 0.679. The lowest BCUT2D eigenvalue weighted by Crippen LogP contribution is -2.54. The third-order valence-corrected chi connectivity index (χ3v) is 4.60. The molecule has 2 rings (SSSR count). The number of nitrogens with zero attached hydrogens (tertiary/aromatic N) is 2. The Morgan fingerprint density at radius 1 is 1.13 bits per heavy atom. The molecule has 1 aromatic rings. The van der Waals surface area contributed by atoms with Gasteiger partial charge in [0.2, 0.25) is 5.91 Å². The predicted octanol–water partition coefficient (Wildman–Crippen LogP) is 3.30. The van der Waals surface area contributed by atoms with Crippen LogP contribution < -0.4 is 10.6 Å². The van der Waals surface area contributed by atoms with E-state index >= 15 is 0 Å². The molecule has 0 radical (unpaired) electrons. The van der Waals surface area contributed by atoms with Gasteiger partial charge in [-0.05, 0) is 45.9 Å². The van der Waals surface area contributed by atoms with Gasteiger partial charge >= 0.3 is 12.1 Å². The van der Waals surface area contributed by atoms with Crippen molar-refractivity contribution in [3.63, 3.8) is 0 Å². The Morgan fingerprint density at radius 2 is 1.74 bits per heavy atom. The fraction of sp³-hybridized carbons (Fsp3) is 0.500. The zero-order valence-electron chi connectivity index (χ0n) is 18.5. The van der Waals surface area contributed by atoms with E-state index in [1.165, 1.54) is 6.92 Å². The summed E-state index contributed by atoms with van der Waals surface area (Å²) in [7, 11) is 0. The Morgan fingerprint density at radius 3 is 2.32 bits per heavy atom. The summed E-state index contributed by atoms with van der Waals surface area (Å²) in [5.74, 6) is 5.72. The number of benzene rings is 1. The fourth-order valence-electron chi connectivity index (χ4n) is 2.81. The summed E-state index contributed by atoms with van der Waals surface area (Å²) in [5.41, 5.74) is 0.605. The predicted molar refractivity (Wildman–Crippen MR) is 120 cm³/mol. The van der Waals surface area contributed by atoms with Gasteiger partial charge in [0.15, 0.2) is 0 Å². The minimum absolute atomic E-state index is 0.223. The van der Waals surface area contributed by atoms with Crippen molar-refractivity contribution in [3.8, 4) is 11.8 Å². The van der Waals surface area contributed by atoms with E-state index in [4.69, 9.17) is 16.3 Å². The molecule has 0 aromatic heterocycles. The van der Waals surface area contributed by atoms with Crippen LogP contribution in [-0.4, -0.2) is 65.7 Å². The van der Waals surface area contributed by atoms with Crippen LogP contribution in [0.5, 0.6) is 0 Å². The Labute approximate surface area is 188 Å². The van der Waals surface area contributed by atoms with E-state index in [1.807, 2.05) is 20.8 Å². The summed E-state index contributed by atoms with van der Waals surface area (Å²) in [6, 6.07) is 4.45. The molecule has 1 aromatic carbocycles. The van der Waals surface area contributed by atoms with Gasteiger partial charge in [0.25, 0.3) is 0 Å². The Kier molecular flexibility index (Phi) is 8.17. The molecule has 9 heteroatoms. The van der Waals surface area contributed by atoms with Gasteiger partial charge in [0.1, 0.15) is 5.60 Å². The molecule has 1 aliphatic rings. The van der Waals surface area contributed by atoms with Gasteiger partial charge in [0.05, 0.1) is 16.8 Å². The van der Waals surface area contributed by atoms with Crippen molar-refractivity contribution in [2.45, 2.75) is 46.3 Å². The Hall–Kier alpha value is -2.92. The number of urea groups is 1. The number of halogens is 1. The van der Waals surface area contributed by atoms with Crippen LogP contribution in [0.15, 0.2) is 18.2 Å². The molecule has 168 valence electrons. The van der Waals surface area contributed by atoms with Gasteiger partial charge in [-0.2, -0.15) is 0 Å². The highest BCUT2D eigenvalue weighted by Gasteiger charge is 2.27. The van der Waals surface area contributed by atoms with Gasteiger partial charge in [-0.1, -0.05) is 23.4 Å². The van der Waals surface area contributed by atoms with Crippen LogP contribution in [0.25, 0.3) is 0 Å². The number of anilines is 1. The number of carbonyl (C=O) groups is 3. The molecule has 31 heavy (non-hydrogen) atoms. The first kappa shape index (κ1) is 24.4. The SMILES string of the molecule is CC(=O)Nc1cc(C#CC(C)NC(=O)N2CCN(C(=O)OC(C)(C)C)CC2)ccc1Cl. The van der Waals surface area contributed by atoms with Crippen LogP contribution in [0, 0.1) is 11.8 Å². The lowest BCUT2D eigenvalue weighted by Gasteiger charge is -2.35. The van der Waals surface area contributed by atoms with Crippen molar-refractivity contribution in [3.05, 3.63) is 28.8 Å². The topological polar surface area (TPSA) is 91.0 Å². The first-order chi connectivity index (χ1) is 14.4. The normalized spacial score (nSPS) is 14.8. The highest BCUT2D eigenvalue weighted by Crippen LogP contribution is 2.22. The van der Waals surface area contributed by atoms with Crippen molar-refractivity contribution in [1.29, 1.82) is 0 Å². The first-order valence-electron chi connectivity index (χ1n) is 10.1. The summed E-state index contributed by atoms with van der Waals surface area (Å²) >= 11 is 6.06. The van der Waals surface area contributed by atoms with E-state index in [1.54, 1.807) is 34.9 Å². The molecule has 0 bridgehead atoms. The van der Waals surface area contributed by atoms with Gasteiger partial charge in [-0.25, -0.2) is 9.59 Å². The van der Waals surface area contributed by atoms with E-state index in [0.29, 0.717) is 42.5 Å². The zero-order valence-corrected chi connectivity index (χ0v) is 19.3. The number of rotatable bonds is 2. The first-order valence-corrected chi connectivity index (χ1v) is 10.4. The molecule has 2 N–H and O–H groups in total. The summed E-state index contributed by atoms with van der Waals surface area (Å²) in [6.45, 7) is 10.3. The van der Waals surface area contributed by atoms with Crippen LogP contribution in [0.4, 0.5) is 15.3 Å². The van der Waals surface area contributed by atoms with E-state index < -0.39 is 11.6 Å². The number of nitrogens with one attached hydrogen (secondary N) is 2. The molecule has 1 unspecified atom stereocenters. The third-order valence-electron chi connectivity index (χ3n) is 4.27. The molecule has 1 fully saturated rings. The molecular weight excluding hydrogens is 420 g/mol. The highest BCUT2D eigenvalue weighted by molar-refractivity contribution is 6.33. The van der Waals surface area contributed by atoms with Crippen LogP contribution in [0.3, 0.4) is 0 Å². The molecule has 1 heterocycles. The molecule has 1 aliphatic heterocycles. The lowest BCUT2D eigenvalue weighted by molar-refractivity contribution is -0.114. The monoisotopic (exact) mass is 448 g/mol. The van der Waals surface area contributed by atoms with E-state index in [9.17, 15) is 14.4 Å². The largest absolute Gasteiger partial charge is 0.444 e. The second-order valence-electron chi connectivity index (χ2n) is 8.27. The molecule has 4 amide bonds. The second-order valence-corrected chi connectivity index (χ2v) is 8.68.